The number of likely N-dealkylation sites (tertiary alicyclic amines) is 1. The molecule has 1 saturated heterocycles. The van der Waals surface area contributed by atoms with Gasteiger partial charge in [-0.25, -0.2) is 8.42 Å². The summed E-state index contributed by atoms with van der Waals surface area (Å²) in [7, 11) is -3.77. The second-order valence-corrected chi connectivity index (χ2v) is 8.99. The van der Waals surface area contributed by atoms with E-state index in [0.29, 0.717) is 11.1 Å². The molecule has 2 aromatic rings. The van der Waals surface area contributed by atoms with Crippen LogP contribution in [0.1, 0.15) is 35.2 Å². The molecule has 3 rings (SSSR count). The van der Waals surface area contributed by atoms with Crippen LogP contribution < -0.4 is 0 Å². The lowest BCUT2D eigenvalue weighted by Gasteiger charge is -2.26. The maximum absolute atomic E-state index is 12.7. The lowest BCUT2D eigenvalue weighted by Crippen LogP contribution is -2.35. The highest BCUT2D eigenvalue weighted by molar-refractivity contribution is 7.90. The Morgan fingerprint density at radius 1 is 1.08 bits per heavy atom. The van der Waals surface area contributed by atoms with Crippen molar-refractivity contribution in [2.45, 2.75) is 29.9 Å². The van der Waals surface area contributed by atoms with Gasteiger partial charge in [-0.3, -0.25) is 9.78 Å². The van der Waals surface area contributed by atoms with Crippen LogP contribution in [0.5, 0.6) is 0 Å². The topological polar surface area (TPSA) is 67.3 Å². The van der Waals surface area contributed by atoms with Crippen LogP contribution >= 0.6 is 23.2 Å². The number of sulfone groups is 1. The molecule has 0 spiro atoms. The van der Waals surface area contributed by atoms with Gasteiger partial charge >= 0.3 is 0 Å². The molecule has 1 fully saturated rings. The van der Waals surface area contributed by atoms with Crippen molar-refractivity contribution >= 4 is 38.9 Å². The van der Waals surface area contributed by atoms with Crippen LogP contribution in [-0.4, -0.2) is 37.3 Å². The van der Waals surface area contributed by atoms with Gasteiger partial charge in [0.1, 0.15) is 4.90 Å². The summed E-state index contributed by atoms with van der Waals surface area (Å²) in [4.78, 5) is 18.3. The van der Waals surface area contributed by atoms with Crippen molar-refractivity contribution in [1.29, 1.82) is 0 Å². The van der Waals surface area contributed by atoms with Gasteiger partial charge in [-0.05, 0) is 43.0 Å². The molecule has 8 heteroatoms. The molecule has 1 aromatic heterocycles. The van der Waals surface area contributed by atoms with Gasteiger partial charge in [0, 0.05) is 25.5 Å². The Bertz CT molecular complexity index is 906. The fourth-order valence-electron chi connectivity index (χ4n) is 3.03. The Balaban J connectivity index is 1.85. The number of hydrogen-bond acceptors (Lipinski definition) is 4. The van der Waals surface area contributed by atoms with Gasteiger partial charge in [-0.15, -0.1) is 0 Å². The van der Waals surface area contributed by atoms with Gasteiger partial charge < -0.3 is 4.90 Å². The van der Waals surface area contributed by atoms with Gasteiger partial charge in [-0.2, -0.15) is 0 Å². The minimum atomic E-state index is -3.77. The summed E-state index contributed by atoms with van der Waals surface area (Å²) in [5.74, 6) is -0.447. The summed E-state index contributed by atoms with van der Waals surface area (Å²) < 4.78 is 25.5. The number of nitrogens with zero attached hydrogens (tertiary/aromatic N) is 2. The average Bonchev–Trinajstić information content (AvgIpc) is 2.61. The molecular weight excluding hydrogens is 395 g/mol. The lowest BCUT2D eigenvalue weighted by molar-refractivity contribution is 0.0724. The number of carbonyl (C=O) groups is 1. The van der Waals surface area contributed by atoms with E-state index in [1.807, 2.05) is 0 Å². The molecule has 1 amide bonds. The number of pyridine rings is 1. The Morgan fingerprint density at radius 2 is 1.73 bits per heavy atom. The standard InChI is InChI=1S/C18H18Cl2N2O3S/c19-15-5-4-6-16(20)17(15)26(24,25)12-13-9-14(11-21-10-13)18(23)22-7-2-1-3-8-22/h4-6,9-11H,1-3,7-8,12H2. The lowest BCUT2D eigenvalue weighted by atomic mass is 10.1. The first-order valence-corrected chi connectivity index (χ1v) is 10.7. The number of halogens is 2. The molecule has 0 aliphatic carbocycles. The Kier molecular flexibility index (Phi) is 5.85. The number of rotatable bonds is 4. The molecule has 1 aliphatic heterocycles. The predicted molar refractivity (Wildman–Crippen MR) is 101 cm³/mol. The quantitative estimate of drug-likeness (QED) is 0.760. The molecule has 138 valence electrons. The summed E-state index contributed by atoms with van der Waals surface area (Å²) in [5.41, 5.74) is 0.814. The fourth-order valence-corrected chi connectivity index (χ4v) is 5.61. The van der Waals surface area contributed by atoms with Crippen molar-refractivity contribution in [2.75, 3.05) is 13.1 Å². The van der Waals surface area contributed by atoms with Crippen molar-refractivity contribution in [3.8, 4) is 0 Å². The second kappa shape index (κ2) is 7.94. The first-order chi connectivity index (χ1) is 12.4. The third-order valence-corrected chi connectivity index (χ3v) is 6.90. The Hall–Kier alpha value is -1.63. The van der Waals surface area contributed by atoms with Crippen LogP contribution in [0.4, 0.5) is 0 Å². The van der Waals surface area contributed by atoms with Crippen LogP contribution in [0.15, 0.2) is 41.6 Å². The zero-order valence-electron chi connectivity index (χ0n) is 14.0. The van der Waals surface area contributed by atoms with Gasteiger partial charge in [0.15, 0.2) is 9.84 Å². The first-order valence-electron chi connectivity index (χ1n) is 8.28. The van der Waals surface area contributed by atoms with Crippen LogP contribution in [0.2, 0.25) is 10.0 Å². The molecule has 0 N–H and O–H groups in total. The van der Waals surface area contributed by atoms with E-state index in [9.17, 15) is 13.2 Å². The molecule has 0 unspecified atom stereocenters. The summed E-state index contributed by atoms with van der Waals surface area (Å²) in [6.45, 7) is 1.44. The maximum Gasteiger partial charge on any atom is 0.255 e. The van der Waals surface area contributed by atoms with Crippen molar-refractivity contribution in [1.82, 2.24) is 9.88 Å². The van der Waals surface area contributed by atoms with E-state index in [2.05, 4.69) is 4.98 Å². The van der Waals surface area contributed by atoms with E-state index in [4.69, 9.17) is 23.2 Å². The Labute approximate surface area is 162 Å². The van der Waals surface area contributed by atoms with Gasteiger partial charge in [0.25, 0.3) is 5.91 Å². The van der Waals surface area contributed by atoms with Crippen LogP contribution in [0, 0.1) is 0 Å². The SMILES string of the molecule is O=C(c1cncc(CS(=O)(=O)c2c(Cl)cccc2Cl)c1)N1CCCCC1. The first kappa shape index (κ1) is 19.1. The second-order valence-electron chi connectivity index (χ2n) is 6.24. The van der Waals surface area contributed by atoms with E-state index in [1.54, 1.807) is 17.0 Å². The molecule has 0 atom stereocenters. The molecule has 2 heterocycles. The highest BCUT2D eigenvalue weighted by Gasteiger charge is 2.24. The largest absolute Gasteiger partial charge is 0.339 e. The van der Waals surface area contributed by atoms with E-state index in [0.717, 1.165) is 32.4 Å². The van der Waals surface area contributed by atoms with E-state index in [-0.39, 0.29) is 26.6 Å². The minimum Gasteiger partial charge on any atom is -0.339 e. The van der Waals surface area contributed by atoms with E-state index < -0.39 is 9.84 Å². The normalized spacial score (nSPS) is 15.1. The van der Waals surface area contributed by atoms with E-state index in [1.165, 1.54) is 24.5 Å². The monoisotopic (exact) mass is 412 g/mol. The number of amides is 1. The summed E-state index contributed by atoms with van der Waals surface area (Å²) in [6, 6.07) is 6.12. The number of piperidine rings is 1. The summed E-state index contributed by atoms with van der Waals surface area (Å²) in [5, 5.41) is 0.150. The highest BCUT2D eigenvalue weighted by atomic mass is 35.5. The number of carbonyl (C=O) groups excluding carboxylic acids is 1. The third kappa shape index (κ3) is 4.19. The van der Waals surface area contributed by atoms with E-state index >= 15 is 0 Å². The van der Waals surface area contributed by atoms with Crippen LogP contribution in [0.25, 0.3) is 0 Å². The summed E-state index contributed by atoms with van der Waals surface area (Å²) in [6.07, 6.45) is 6.00. The highest BCUT2D eigenvalue weighted by Crippen LogP contribution is 2.31. The number of benzene rings is 1. The summed E-state index contributed by atoms with van der Waals surface area (Å²) >= 11 is 12.0. The average molecular weight is 413 g/mol. The minimum absolute atomic E-state index is 0.0750. The van der Waals surface area contributed by atoms with Crippen molar-refractivity contribution in [2.24, 2.45) is 0 Å². The molecule has 0 bridgehead atoms. The maximum atomic E-state index is 12.7. The Morgan fingerprint density at radius 3 is 2.38 bits per heavy atom. The molecule has 5 nitrogen and oxygen atoms in total. The fraction of sp³-hybridized carbons (Fsp3) is 0.333. The number of hydrogen-bond donors (Lipinski definition) is 0. The van der Waals surface area contributed by atoms with Gasteiger partial charge in [0.2, 0.25) is 0 Å². The van der Waals surface area contributed by atoms with Crippen molar-refractivity contribution < 1.29 is 13.2 Å². The predicted octanol–water partition coefficient (Wildman–Crippen LogP) is 3.99. The zero-order valence-corrected chi connectivity index (χ0v) is 16.3. The van der Waals surface area contributed by atoms with Crippen LogP contribution in [0.3, 0.4) is 0 Å². The number of aromatic nitrogens is 1. The molecule has 26 heavy (non-hydrogen) atoms. The van der Waals surface area contributed by atoms with Crippen molar-refractivity contribution in [3.05, 3.63) is 57.8 Å². The molecular formula is C18H18Cl2N2O3S. The molecule has 0 saturated carbocycles. The smallest absolute Gasteiger partial charge is 0.255 e. The zero-order chi connectivity index (χ0) is 18.7. The molecule has 1 aliphatic rings. The van der Waals surface area contributed by atoms with Crippen LogP contribution in [-0.2, 0) is 15.6 Å². The van der Waals surface area contributed by atoms with Gasteiger partial charge in [-0.1, -0.05) is 29.3 Å². The molecule has 0 radical (unpaired) electrons. The molecule has 1 aromatic carbocycles. The van der Waals surface area contributed by atoms with Gasteiger partial charge in [0.05, 0.1) is 21.4 Å². The third-order valence-electron chi connectivity index (χ3n) is 4.27. The van der Waals surface area contributed by atoms with Crippen molar-refractivity contribution in [3.63, 3.8) is 0 Å².